The molecule has 1 unspecified atom stereocenters. The highest BCUT2D eigenvalue weighted by Crippen LogP contribution is 2.57. The van der Waals surface area contributed by atoms with Crippen molar-refractivity contribution in [1.82, 2.24) is 4.90 Å². The number of amides is 1. The molecule has 0 aromatic heterocycles. The predicted molar refractivity (Wildman–Crippen MR) is 93.2 cm³/mol. The Kier molecular flexibility index (Phi) is 3.40. The molecular formula is C20H23NO5. The van der Waals surface area contributed by atoms with Gasteiger partial charge in [-0.25, -0.2) is 0 Å². The van der Waals surface area contributed by atoms with E-state index >= 15 is 0 Å². The average Bonchev–Trinajstić information content (AvgIpc) is 3.23. The average molecular weight is 357 g/mol. The number of nitrogens with zero attached hydrogens (tertiary/aromatic N) is 1. The monoisotopic (exact) mass is 357 g/mol. The van der Waals surface area contributed by atoms with Crippen molar-refractivity contribution in [2.24, 2.45) is 0 Å². The summed E-state index contributed by atoms with van der Waals surface area (Å²) in [6, 6.07) is 4.12. The van der Waals surface area contributed by atoms with Crippen molar-refractivity contribution in [3.63, 3.8) is 0 Å². The Bertz CT molecular complexity index is 811. The topological polar surface area (TPSA) is 57.2 Å². The second-order valence-corrected chi connectivity index (χ2v) is 7.42. The summed E-state index contributed by atoms with van der Waals surface area (Å²) in [5, 5.41) is 0. The zero-order valence-corrected chi connectivity index (χ0v) is 15.2. The van der Waals surface area contributed by atoms with Gasteiger partial charge in [0.15, 0.2) is 17.3 Å². The van der Waals surface area contributed by atoms with Crippen molar-refractivity contribution in [2.75, 3.05) is 34.0 Å². The van der Waals surface area contributed by atoms with E-state index in [9.17, 15) is 4.79 Å². The molecule has 0 N–H and O–H groups in total. The quantitative estimate of drug-likeness (QED) is 0.812. The van der Waals surface area contributed by atoms with Gasteiger partial charge in [0.05, 0.1) is 33.0 Å². The maximum Gasteiger partial charge on any atom is 0.247 e. The van der Waals surface area contributed by atoms with Gasteiger partial charge in [-0.1, -0.05) is 0 Å². The Hall–Kier alpha value is -2.05. The summed E-state index contributed by atoms with van der Waals surface area (Å²) in [5.41, 5.74) is 3.09. The molecule has 2 fully saturated rings. The lowest BCUT2D eigenvalue weighted by molar-refractivity contribution is -0.179. The SMILES string of the molecule is COc1cc2c(cc1OC)C13CCC4(CC1=CC(=O)N3CC2)OCCO4. The van der Waals surface area contributed by atoms with Crippen LogP contribution in [0.4, 0.5) is 0 Å². The number of ether oxygens (including phenoxy) is 4. The molecule has 4 aliphatic rings. The Morgan fingerprint density at radius 2 is 1.81 bits per heavy atom. The van der Waals surface area contributed by atoms with Crippen molar-refractivity contribution in [3.05, 3.63) is 34.9 Å². The van der Waals surface area contributed by atoms with Gasteiger partial charge in [0.2, 0.25) is 5.91 Å². The number of fused-ring (bicyclic) bond motifs is 1. The van der Waals surface area contributed by atoms with Crippen LogP contribution in [-0.4, -0.2) is 50.6 Å². The number of carbonyl (C=O) groups is 1. The van der Waals surface area contributed by atoms with Crippen molar-refractivity contribution < 1.29 is 23.7 Å². The first-order valence-corrected chi connectivity index (χ1v) is 9.18. The van der Waals surface area contributed by atoms with Crippen LogP contribution < -0.4 is 9.47 Å². The summed E-state index contributed by atoms with van der Waals surface area (Å²) in [6.45, 7) is 1.97. The van der Waals surface area contributed by atoms with E-state index < -0.39 is 11.3 Å². The first kappa shape index (κ1) is 16.1. The molecule has 0 radical (unpaired) electrons. The summed E-state index contributed by atoms with van der Waals surface area (Å²) in [4.78, 5) is 14.8. The van der Waals surface area contributed by atoms with Gasteiger partial charge in [-0.05, 0) is 41.7 Å². The summed E-state index contributed by atoms with van der Waals surface area (Å²) in [5.74, 6) is 0.979. The smallest absolute Gasteiger partial charge is 0.247 e. The zero-order chi connectivity index (χ0) is 17.9. The first-order valence-electron chi connectivity index (χ1n) is 9.18. The van der Waals surface area contributed by atoms with E-state index in [0.29, 0.717) is 25.4 Å². The molecule has 5 rings (SSSR count). The van der Waals surface area contributed by atoms with Gasteiger partial charge in [0.25, 0.3) is 0 Å². The lowest BCUT2D eigenvalue weighted by atomic mass is 9.68. The van der Waals surface area contributed by atoms with Gasteiger partial charge in [-0.2, -0.15) is 0 Å². The molecule has 1 amide bonds. The summed E-state index contributed by atoms with van der Waals surface area (Å²) < 4.78 is 22.9. The minimum absolute atomic E-state index is 0.0930. The summed E-state index contributed by atoms with van der Waals surface area (Å²) in [7, 11) is 3.30. The lowest BCUT2D eigenvalue weighted by Crippen LogP contribution is -2.54. The molecular weight excluding hydrogens is 334 g/mol. The molecule has 1 aliphatic carbocycles. The standard InChI is InChI=1S/C20H23NO5/c1-23-16-9-13-3-6-21-18(22)10-14-12-19(25-7-8-26-19)4-5-20(14,21)15(13)11-17(16)24-2/h9-11H,3-8,12H2,1-2H3. The second-order valence-electron chi connectivity index (χ2n) is 7.42. The van der Waals surface area contributed by atoms with E-state index in [1.165, 1.54) is 5.56 Å². The molecule has 6 heteroatoms. The molecule has 2 spiro atoms. The number of rotatable bonds is 2. The minimum Gasteiger partial charge on any atom is -0.493 e. The van der Waals surface area contributed by atoms with E-state index in [1.807, 2.05) is 4.90 Å². The number of carbonyl (C=O) groups excluding carboxylic acids is 1. The number of hydrogen-bond acceptors (Lipinski definition) is 5. The molecule has 0 bridgehead atoms. The highest BCUT2D eigenvalue weighted by atomic mass is 16.7. The van der Waals surface area contributed by atoms with Crippen LogP contribution in [0.25, 0.3) is 0 Å². The van der Waals surface area contributed by atoms with Crippen LogP contribution in [0, 0.1) is 0 Å². The molecule has 1 aromatic rings. The fourth-order valence-corrected chi connectivity index (χ4v) is 5.19. The van der Waals surface area contributed by atoms with Crippen molar-refractivity contribution in [1.29, 1.82) is 0 Å². The molecule has 1 saturated carbocycles. The van der Waals surface area contributed by atoms with E-state index in [4.69, 9.17) is 18.9 Å². The van der Waals surface area contributed by atoms with Crippen LogP contribution in [-0.2, 0) is 26.2 Å². The van der Waals surface area contributed by atoms with Crippen LogP contribution in [0.2, 0.25) is 0 Å². The van der Waals surface area contributed by atoms with Gasteiger partial charge >= 0.3 is 0 Å². The van der Waals surface area contributed by atoms with Crippen molar-refractivity contribution in [3.8, 4) is 11.5 Å². The van der Waals surface area contributed by atoms with Crippen LogP contribution >= 0.6 is 0 Å². The maximum atomic E-state index is 12.8. The molecule has 3 aliphatic heterocycles. The van der Waals surface area contributed by atoms with Crippen LogP contribution in [0.3, 0.4) is 0 Å². The largest absolute Gasteiger partial charge is 0.493 e. The third-order valence-corrected chi connectivity index (χ3v) is 6.36. The molecule has 26 heavy (non-hydrogen) atoms. The molecule has 1 aromatic carbocycles. The van der Waals surface area contributed by atoms with E-state index in [-0.39, 0.29) is 5.91 Å². The Morgan fingerprint density at radius 3 is 2.54 bits per heavy atom. The first-order chi connectivity index (χ1) is 12.6. The lowest BCUT2D eigenvalue weighted by Gasteiger charge is -2.51. The zero-order valence-electron chi connectivity index (χ0n) is 15.2. The van der Waals surface area contributed by atoms with Crippen LogP contribution in [0.1, 0.15) is 30.4 Å². The highest BCUT2D eigenvalue weighted by molar-refractivity contribution is 5.94. The van der Waals surface area contributed by atoms with Crippen LogP contribution in [0.5, 0.6) is 11.5 Å². The fourth-order valence-electron chi connectivity index (χ4n) is 5.19. The molecule has 138 valence electrons. The summed E-state index contributed by atoms with van der Waals surface area (Å²) >= 11 is 0. The van der Waals surface area contributed by atoms with Gasteiger partial charge in [0, 0.05) is 25.5 Å². The fraction of sp³-hybridized carbons (Fsp3) is 0.550. The Labute approximate surface area is 152 Å². The normalized spacial score (nSPS) is 28.5. The van der Waals surface area contributed by atoms with Gasteiger partial charge in [-0.15, -0.1) is 0 Å². The number of hydrogen-bond donors (Lipinski definition) is 0. The maximum absolute atomic E-state index is 12.8. The molecule has 6 nitrogen and oxygen atoms in total. The Morgan fingerprint density at radius 1 is 1.08 bits per heavy atom. The molecule has 1 atom stereocenters. The van der Waals surface area contributed by atoms with Gasteiger partial charge < -0.3 is 23.8 Å². The van der Waals surface area contributed by atoms with E-state index in [1.54, 1.807) is 20.3 Å². The second kappa shape index (κ2) is 5.47. The third kappa shape index (κ3) is 1.97. The Balaban J connectivity index is 1.65. The number of methoxy groups -OCH3 is 2. The summed E-state index contributed by atoms with van der Waals surface area (Å²) in [6.07, 6.45) is 4.85. The predicted octanol–water partition coefficient (Wildman–Crippen LogP) is 2.15. The number of benzene rings is 1. The van der Waals surface area contributed by atoms with Crippen LogP contribution in [0.15, 0.2) is 23.8 Å². The van der Waals surface area contributed by atoms with Crippen molar-refractivity contribution >= 4 is 5.91 Å². The van der Waals surface area contributed by atoms with Gasteiger partial charge in [-0.3, -0.25) is 4.79 Å². The van der Waals surface area contributed by atoms with Gasteiger partial charge in [0.1, 0.15) is 0 Å². The minimum atomic E-state index is -0.554. The highest BCUT2D eigenvalue weighted by Gasteiger charge is 2.58. The third-order valence-electron chi connectivity index (χ3n) is 6.36. The van der Waals surface area contributed by atoms with E-state index in [2.05, 4.69) is 12.1 Å². The molecule has 3 heterocycles. The molecule has 1 saturated heterocycles. The van der Waals surface area contributed by atoms with E-state index in [0.717, 1.165) is 42.7 Å². The van der Waals surface area contributed by atoms with Crippen molar-refractivity contribution in [2.45, 2.75) is 37.0 Å².